The minimum Gasteiger partial charge on any atom is -0.444 e. The minimum absolute atomic E-state index is 0.0326. The quantitative estimate of drug-likeness (QED) is 0.216. The molecule has 1 saturated heterocycles. The highest BCUT2D eigenvalue weighted by atomic mass is 28.4. The van der Waals surface area contributed by atoms with Gasteiger partial charge in [0.1, 0.15) is 11.3 Å². The van der Waals surface area contributed by atoms with Crippen molar-refractivity contribution in [3.05, 3.63) is 24.3 Å². The van der Waals surface area contributed by atoms with Crippen molar-refractivity contribution >= 4 is 22.7 Å². The van der Waals surface area contributed by atoms with Crippen LogP contribution in [0.25, 0.3) is 0 Å². The van der Waals surface area contributed by atoms with Crippen LogP contribution in [0, 0.1) is 0 Å². The Hall–Kier alpha value is -0.936. The number of allylic oxidation sites excluding steroid dienone is 1. The lowest BCUT2D eigenvalue weighted by molar-refractivity contribution is -0.0752. The molecule has 1 aliphatic heterocycles. The molecular formula is C30H59NO5Si2. The summed E-state index contributed by atoms with van der Waals surface area (Å²) in [5, 5.41) is 0.0915. The third-order valence-electron chi connectivity index (χ3n) is 8.10. The molecule has 0 bridgehead atoms. The van der Waals surface area contributed by atoms with Gasteiger partial charge in [-0.1, -0.05) is 65.8 Å². The summed E-state index contributed by atoms with van der Waals surface area (Å²) in [4.78, 5) is 15.0. The van der Waals surface area contributed by atoms with Gasteiger partial charge < -0.3 is 18.3 Å². The third-order valence-corrected chi connectivity index (χ3v) is 17.0. The van der Waals surface area contributed by atoms with Crippen LogP contribution in [0.15, 0.2) is 24.3 Å². The van der Waals surface area contributed by atoms with Crippen LogP contribution in [0.5, 0.6) is 0 Å². The van der Waals surface area contributed by atoms with Crippen LogP contribution in [-0.4, -0.2) is 63.3 Å². The molecular weight excluding hydrogens is 511 g/mol. The summed E-state index contributed by atoms with van der Waals surface area (Å²) in [7, 11) is -4.26. The van der Waals surface area contributed by atoms with Gasteiger partial charge in [-0.15, -0.1) is 0 Å². The maximum Gasteiger partial charge on any atom is 0.413 e. The van der Waals surface area contributed by atoms with Gasteiger partial charge in [0.25, 0.3) is 0 Å². The molecule has 38 heavy (non-hydrogen) atoms. The van der Waals surface area contributed by atoms with Crippen LogP contribution in [0.3, 0.4) is 0 Å². The molecule has 0 N–H and O–H groups in total. The molecule has 1 rings (SSSR count). The van der Waals surface area contributed by atoms with Gasteiger partial charge in [0.15, 0.2) is 16.6 Å². The van der Waals surface area contributed by atoms with Gasteiger partial charge in [-0.3, -0.25) is 4.90 Å². The van der Waals surface area contributed by atoms with E-state index in [1.165, 1.54) is 0 Å². The van der Waals surface area contributed by atoms with Gasteiger partial charge in [-0.2, -0.15) is 0 Å². The summed E-state index contributed by atoms with van der Waals surface area (Å²) in [5.74, 6) is 0. The second-order valence-electron chi connectivity index (χ2n) is 15.2. The molecule has 0 aromatic heterocycles. The van der Waals surface area contributed by atoms with Gasteiger partial charge in [-0.05, 0) is 84.7 Å². The van der Waals surface area contributed by atoms with Crippen molar-refractivity contribution in [2.75, 3.05) is 0 Å². The molecule has 0 unspecified atom stereocenters. The number of hydrogen-bond donors (Lipinski definition) is 0. The Labute approximate surface area is 236 Å². The highest BCUT2D eigenvalue weighted by Gasteiger charge is 2.49. The van der Waals surface area contributed by atoms with E-state index in [1.54, 1.807) is 4.90 Å². The predicted octanol–water partition coefficient (Wildman–Crippen LogP) is 8.66. The van der Waals surface area contributed by atoms with Crippen LogP contribution < -0.4 is 0 Å². The number of nitrogens with zero attached hydrogens (tertiary/aromatic N) is 1. The van der Waals surface area contributed by atoms with E-state index in [2.05, 4.69) is 86.0 Å². The van der Waals surface area contributed by atoms with Crippen LogP contribution in [0.4, 0.5) is 4.79 Å². The van der Waals surface area contributed by atoms with Crippen LogP contribution in [-0.2, 0) is 18.3 Å². The first-order valence-corrected chi connectivity index (χ1v) is 19.9. The lowest BCUT2D eigenvalue weighted by atomic mass is 10.1. The zero-order valence-corrected chi connectivity index (χ0v) is 29.6. The van der Waals surface area contributed by atoms with E-state index in [9.17, 15) is 4.79 Å². The van der Waals surface area contributed by atoms with E-state index in [0.29, 0.717) is 0 Å². The second kappa shape index (κ2) is 11.9. The molecule has 8 heteroatoms. The van der Waals surface area contributed by atoms with Crippen LogP contribution in [0.2, 0.25) is 36.3 Å². The van der Waals surface area contributed by atoms with E-state index < -0.39 is 28.0 Å². The highest BCUT2D eigenvalue weighted by molar-refractivity contribution is 6.74. The Balaban J connectivity index is 3.56. The van der Waals surface area contributed by atoms with Crippen molar-refractivity contribution in [1.29, 1.82) is 0 Å². The second-order valence-corrected chi connectivity index (χ2v) is 24.7. The number of rotatable bonds is 8. The molecule has 1 heterocycles. The first-order chi connectivity index (χ1) is 16.8. The summed E-state index contributed by atoms with van der Waals surface area (Å²) in [6.07, 6.45) is 7.19. The predicted molar refractivity (Wildman–Crippen MR) is 165 cm³/mol. The third kappa shape index (κ3) is 9.05. The maximum absolute atomic E-state index is 13.3. The molecule has 0 spiro atoms. The van der Waals surface area contributed by atoms with Gasteiger partial charge in [-0.25, -0.2) is 4.79 Å². The van der Waals surface area contributed by atoms with Crippen molar-refractivity contribution in [3.8, 4) is 0 Å². The van der Waals surface area contributed by atoms with Gasteiger partial charge >= 0.3 is 6.09 Å². The number of amides is 1. The molecule has 222 valence electrons. The number of carbonyl (C=O) groups excluding carboxylic acids is 1. The SMILES string of the molecule is C/C=C/[C@H](O[Si](C)(C)C(C)(C)C)[C@H](/C=C/[C@H]1[C@H](C)OC(C)(C)N1C(=O)OC(C)(C)C)O[Si](C)(C)C(C)(C)C. The molecule has 1 fully saturated rings. The van der Waals surface area contributed by atoms with Gasteiger partial charge in [0.05, 0.1) is 24.4 Å². The van der Waals surface area contributed by atoms with E-state index in [1.807, 2.05) is 54.5 Å². The average Bonchev–Trinajstić information content (AvgIpc) is 2.89. The molecule has 0 aromatic carbocycles. The summed E-state index contributed by atoms with van der Waals surface area (Å²) in [6, 6.07) is -0.301. The minimum atomic E-state index is -2.16. The normalized spacial score (nSPS) is 23.3. The lowest BCUT2D eigenvalue weighted by Crippen LogP contribution is -2.51. The summed E-state index contributed by atoms with van der Waals surface area (Å²) >= 11 is 0. The fraction of sp³-hybridized carbons (Fsp3) is 0.833. The van der Waals surface area contributed by atoms with Crippen molar-refractivity contribution < 1.29 is 23.1 Å². The molecule has 1 amide bonds. The smallest absolute Gasteiger partial charge is 0.413 e. The summed E-state index contributed by atoms with van der Waals surface area (Å²) in [5.41, 5.74) is -1.40. The first kappa shape index (κ1) is 35.1. The van der Waals surface area contributed by atoms with Crippen molar-refractivity contribution in [1.82, 2.24) is 4.90 Å². The number of carbonyl (C=O) groups is 1. The molecule has 4 atom stereocenters. The summed E-state index contributed by atoms with van der Waals surface area (Å²) in [6.45, 7) is 36.1. The average molecular weight is 570 g/mol. The van der Waals surface area contributed by atoms with Crippen LogP contribution in [0.1, 0.15) is 90.0 Å². The standard InChI is InChI=1S/C30H59NO5Si2/c1-18-19-24(35-37(14,15)28(6,7)8)25(36-38(16,17)29(9,10)11)21-20-23-22(2)33-30(12,13)31(23)26(32)34-27(3,4)5/h18-25H,1-17H3/b19-18+,21-20+/t22-,23-,24-,25-/m0/s1. The molecule has 0 saturated carbocycles. The first-order valence-electron chi connectivity index (χ1n) is 14.1. The fourth-order valence-electron chi connectivity index (χ4n) is 3.92. The molecule has 6 nitrogen and oxygen atoms in total. The highest BCUT2D eigenvalue weighted by Crippen LogP contribution is 2.41. The van der Waals surface area contributed by atoms with E-state index >= 15 is 0 Å². The van der Waals surface area contributed by atoms with Gasteiger partial charge in [0.2, 0.25) is 0 Å². The Bertz CT molecular complexity index is 859. The molecule has 0 aliphatic carbocycles. The largest absolute Gasteiger partial charge is 0.444 e. The van der Waals surface area contributed by atoms with Gasteiger partial charge in [0, 0.05) is 0 Å². The Morgan fingerprint density at radius 3 is 1.66 bits per heavy atom. The Morgan fingerprint density at radius 1 is 0.868 bits per heavy atom. The monoisotopic (exact) mass is 569 g/mol. The fourth-order valence-corrected chi connectivity index (χ4v) is 6.42. The van der Waals surface area contributed by atoms with E-state index in [-0.39, 0.29) is 40.5 Å². The Kier molecular flexibility index (Phi) is 11.0. The summed E-state index contributed by atoms with van der Waals surface area (Å²) < 4.78 is 26.0. The van der Waals surface area contributed by atoms with Crippen molar-refractivity contribution in [3.63, 3.8) is 0 Å². The zero-order valence-electron chi connectivity index (χ0n) is 27.6. The molecule has 0 radical (unpaired) electrons. The van der Waals surface area contributed by atoms with Crippen molar-refractivity contribution in [2.24, 2.45) is 0 Å². The molecule has 0 aromatic rings. The number of ether oxygens (including phenoxy) is 2. The Morgan fingerprint density at radius 2 is 1.29 bits per heavy atom. The van der Waals surface area contributed by atoms with E-state index in [0.717, 1.165) is 0 Å². The topological polar surface area (TPSA) is 57.2 Å². The maximum atomic E-state index is 13.3. The number of hydrogen-bond acceptors (Lipinski definition) is 5. The zero-order chi connectivity index (χ0) is 30.1. The lowest BCUT2D eigenvalue weighted by Gasteiger charge is -2.44. The van der Waals surface area contributed by atoms with Crippen LogP contribution >= 0.6 is 0 Å². The van der Waals surface area contributed by atoms with Crippen molar-refractivity contribution in [2.45, 2.75) is 162 Å². The van der Waals surface area contributed by atoms with E-state index in [4.69, 9.17) is 18.3 Å². The molecule has 1 aliphatic rings.